The fourth-order valence-corrected chi connectivity index (χ4v) is 5.23. The molecule has 1 aliphatic heterocycles. The number of carbonyl (C=O) groups excluding carboxylic acids is 1. The van der Waals surface area contributed by atoms with Gasteiger partial charge in [0.1, 0.15) is 11.5 Å². The van der Waals surface area contributed by atoms with Crippen LogP contribution in [0.25, 0.3) is 28.2 Å². The summed E-state index contributed by atoms with van der Waals surface area (Å²) in [7, 11) is 0. The van der Waals surface area contributed by atoms with E-state index >= 15 is 0 Å². The fourth-order valence-electron chi connectivity index (χ4n) is 3.97. The van der Waals surface area contributed by atoms with Crippen LogP contribution in [-0.2, 0) is 4.79 Å². The van der Waals surface area contributed by atoms with E-state index in [9.17, 15) is 14.9 Å². The molecule has 1 saturated heterocycles. The van der Waals surface area contributed by atoms with Gasteiger partial charge in [0.05, 0.1) is 15.5 Å². The first-order valence-electron chi connectivity index (χ1n) is 10.4. The number of aryl methyl sites for hydroxylation is 1. The summed E-state index contributed by atoms with van der Waals surface area (Å²) in [5.74, 6) is 0.738. The van der Waals surface area contributed by atoms with E-state index in [-0.39, 0.29) is 11.6 Å². The summed E-state index contributed by atoms with van der Waals surface area (Å²) >= 11 is 6.75. The third kappa shape index (κ3) is 3.81. The van der Waals surface area contributed by atoms with E-state index in [1.165, 1.54) is 17.8 Å². The number of carbonyl (C=O) groups is 1. The zero-order valence-corrected chi connectivity index (χ0v) is 19.9. The number of nitrogens with zero attached hydrogens (tertiary/aromatic N) is 2. The van der Waals surface area contributed by atoms with Crippen LogP contribution >= 0.6 is 24.0 Å². The summed E-state index contributed by atoms with van der Waals surface area (Å²) in [5, 5.41) is 13.4. The molecule has 3 aromatic carbocycles. The molecule has 1 aliphatic rings. The number of nitro groups is 1. The van der Waals surface area contributed by atoms with Crippen LogP contribution in [0.4, 0.5) is 11.4 Å². The molecule has 0 atom stereocenters. The van der Waals surface area contributed by atoms with Crippen LogP contribution in [0.2, 0.25) is 0 Å². The number of amides is 1. The molecule has 168 valence electrons. The van der Waals surface area contributed by atoms with E-state index in [0.29, 0.717) is 31.9 Å². The highest BCUT2D eigenvalue weighted by atomic mass is 32.2. The number of fused-ring (bicyclic) bond motifs is 1. The maximum absolute atomic E-state index is 13.3. The molecule has 0 N–H and O–H groups in total. The molecule has 1 amide bonds. The summed E-state index contributed by atoms with van der Waals surface area (Å²) < 4.78 is 6.38. The Kier molecular flexibility index (Phi) is 5.55. The average Bonchev–Trinajstić information content (AvgIpc) is 3.39. The molecule has 1 aromatic heterocycles. The van der Waals surface area contributed by atoms with E-state index in [0.717, 1.165) is 22.0 Å². The molecule has 0 unspecified atom stereocenters. The molecule has 0 bridgehead atoms. The van der Waals surface area contributed by atoms with Crippen molar-refractivity contribution in [2.24, 2.45) is 0 Å². The number of thiocarbonyl (C=S) groups is 1. The summed E-state index contributed by atoms with van der Waals surface area (Å²) in [6, 6.07) is 20.5. The quantitative estimate of drug-likeness (QED) is 0.133. The van der Waals surface area contributed by atoms with E-state index in [1.54, 1.807) is 30.0 Å². The number of rotatable bonds is 4. The molecule has 1 fully saturated rings. The van der Waals surface area contributed by atoms with Crippen LogP contribution in [0.1, 0.15) is 16.9 Å². The van der Waals surface area contributed by atoms with Crippen LogP contribution in [0, 0.1) is 24.0 Å². The van der Waals surface area contributed by atoms with E-state index < -0.39 is 4.92 Å². The van der Waals surface area contributed by atoms with Crippen molar-refractivity contribution in [1.82, 2.24) is 0 Å². The Bertz CT molecular complexity index is 1530. The van der Waals surface area contributed by atoms with E-state index in [1.807, 2.05) is 55.5 Å². The zero-order chi connectivity index (χ0) is 24.0. The molecule has 0 aliphatic carbocycles. The average molecular weight is 487 g/mol. The topological polar surface area (TPSA) is 76.6 Å². The molecule has 0 spiro atoms. The first-order chi connectivity index (χ1) is 16.3. The molecule has 34 heavy (non-hydrogen) atoms. The molecule has 0 radical (unpaired) electrons. The Labute approximate surface area is 205 Å². The summed E-state index contributed by atoms with van der Waals surface area (Å²) in [6.45, 7) is 3.55. The maximum atomic E-state index is 13.3. The summed E-state index contributed by atoms with van der Waals surface area (Å²) in [5.41, 5.74) is 2.82. The fraction of sp³-hybridized carbons (Fsp3) is 0.0769. The van der Waals surface area contributed by atoms with Gasteiger partial charge in [-0.3, -0.25) is 19.8 Å². The second-order valence-corrected chi connectivity index (χ2v) is 9.59. The minimum Gasteiger partial charge on any atom is -0.457 e. The molecular weight excluding hydrogens is 468 g/mol. The highest BCUT2D eigenvalue weighted by Gasteiger charge is 2.34. The van der Waals surface area contributed by atoms with Crippen molar-refractivity contribution in [2.45, 2.75) is 13.8 Å². The van der Waals surface area contributed by atoms with Crippen molar-refractivity contribution in [3.63, 3.8) is 0 Å². The first-order valence-corrected chi connectivity index (χ1v) is 11.7. The van der Waals surface area contributed by atoms with Gasteiger partial charge in [-0.2, -0.15) is 0 Å². The van der Waals surface area contributed by atoms with E-state index in [2.05, 4.69) is 0 Å². The van der Waals surface area contributed by atoms with Gasteiger partial charge < -0.3 is 4.42 Å². The number of anilines is 1. The number of benzene rings is 3. The lowest BCUT2D eigenvalue weighted by Crippen LogP contribution is -2.27. The second kappa shape index (κ2) is 8.55. The molecular formula is C26H18N2O4S2. The monoisotopic (exact) mass is 486 g/mol. The summed E-state index contributed by atoms with van der Waals surface area (Å²) in [6.07, 6.45) is 1.66. The predicted octanol–water partition coefficient (Wildman–Crippen LogP) is 7.03. The first kappa shape index (κ1) is 22.1. The number of hydrogen-bond acceptors (Lipinski definition) is 6. The third-order valence-electron chi connectivity index (χ3n) is 5.82. The summed E-state index contributed by atoms with van der Waals surface area (Å²) in [4.78, 5) is 26.3. The van der Waals surface area contributed by atoms with Crippen molar-refractivity contribution in [2.75, 3.05) is 4.90 Å². The molecule has 0 saturated carbocycles. The van der Waals surface area contributed by atoms with Gasteiger partial charge in [0.2, 0.25) is 0 Å². The van der Waals surface area contributed by atoms with Gasteiger partial charge in [-0.15, -0.1) is 0 Å². The Morgan fingerprint density at radius 1 is 1.06 bits per heavy atom. The van der Waals surface area contributed by atoms with Crippen molar-refractivity contribution in [3.05, 3.63) is 98.6 Å². The van der Waals surface area contributed by atoms with Gasteiger partial charge in [0.25, 0.3) is 11.6 Å². The predicted molar refractivity (Wildman–Crippen MR) is 140 cm³/mol. The number of furan rings is 1. The smallest absolute Gasteiger partial charge is 0.273 e. The minimum atomic E-state index is -0.395. The lowest BCUT2D eigenvalue weighted by molar-refractivity contribution is -0.385. The Morgan fingerprint density at radius 2 is 1.82 bits per heavy atom. The van der Waals surface area contributed by atoms with Crippen molar-refractivity contribution < 1.29 is 14.1 Å². The third-order valence-corrected chi connectivity index (χ3v) is 7.12. The number of nitro benzene ring substituents is 1. The Balaban J connectivity index is 1.48. The van der Waals surface area contributed by atoms with Crippen LogP contribution in [0.15, 0.2) is 76.1 Å². The number of hydrogen-bond donors (Lipinski definition) is 0. The SMILES string of the molecule is Cc1cc(-c2ccc(/C=C3\SC(=S)N(c4cccc5ccccc45)C3=O)o2)cc([N+](=O)[O-])c1C. The van der Waals surface area contributed by atoms with Gasteiger partial charge in [0.15, 0.2) is 4.32 Å². The molecule has 4 aromatic rings. The van der Waals surface area contributed by atoms with Gasteiger partial charge in [0, 0.05) is 28.7 Å². The van der Waals surface area contributed by atoms with Gasteiger partial charge in [-0.05, 0) is 49.1 Å². The lowest BCUT2D eigenvalue weighted by Gasteiger charge is -2.17. The molecule has 5 rings (SSSR count). The lowest BCUT2D eigenvalue weighted by atomic mass is 10.0. The normalized spacial score (nSPS) is 15.0. The van der Waals surface area contributed by atoms with Crippen LogP contribution in [0.5, 0.6) is 0 Å². The van der Waals surface area contributed by atoms with Gasteiger partial charge in [-0.1, -0.05) is 60.4 Å². The molecule has 6 nitrogen and oxygen atoms in total. The second-order valence-electron chi connectivity index (χ2n) is 7.91. The highest BCUT2D eigenvalue weighted by Crippen LogP contribution is 2.39. The Hall–Kier alpha value is -3.75. The van der Waals surface area contributed by atoms with Crippen molar-refractivity contribution >= 4 is 62.4 Å². The van der Waals surface area contributed by atoms with Crippen LogP contribution < -0.4 is 4.90 Å². The van der Waals surface area contributed by atoms with Crippen molar-refractivity contribution in [3.8, 4) is 11.3 Å². The highest BCUT2D eigenvalue weighted by molar-refractivity contribution is 8.27. The largest absolute Gasteiger partial charge is 0.457 e. The minimum absolute atomic E-state index is 0.0453. The Morgan fingerprint density at radius 3 is 2.62 bits per heavy atom. The zero-order valence-electron chi connectivity index (χ0n) is 18.3. The van der Waals surface area contributed by atoms with Gasteiger partial charge in [-0.25, -0.2) is 0 Å². The van der Waals surface area contributed by atoms with Gasteiger partial charge >= 0.3 is 0 Å². The standard InChI is InChI=1S/C26H18N2O4S2/c1-15-12-18(13-22(16(15)2)28(30)31)23-11-10-19(32-23)14-24-25(29)27(26(33)34-24)21-9-5-7-17-6-3-4-8-20(17)21/h3-14H,1-2H3/b24-14-. The molecule has 8 heteroatoms. The van der Waals surface area contributed by atoms with Crippen molar-refractivity contribution in [1.29, 1.82) is 0 Å². The van der Waals surface area contributed by atoms with Crippen LogP contribution in [0.3, 0.4) is 0 Å². The van der Waals surface area contributed by atoms with E-state index in [4.69, 9.17) is 16.6 Å². The number of thioether (sulfide) groups is 1. The maximum Gasteiger partial charge on any atom is 0.273 e. The van der Waals surface area contributed by atoms with Crippen LogP contribution in [-0.4, -0.2) is 15.2 Å². The molecule has 2 heterocycles.